The van der Waals surface area contributed by atoms with Crippen molar-refractivity contribution in [2.75, 3.05) is 0 Å². The lowest BCUT2D eigenvalue weighted by atomic mass is 9.94. The van der Waals surface area contributed by atoms with E-state index in [0.717, 1.165) is 28.2 Å². The summed E-state index contributed by atoms with van der Waals surface area (Å²) in [5, 5.41) is 9.70. The van der Waals surface area contributed by atoms with Gasteiger partial charge in [-0.2, -0.15) is 0 Å². The summed E-state index contributed by atoms with van der Waals surface area (Å²) in [6.07, 6.45) is 1.79. The molecule has 8 rings (SSSR count). The van der Waals surface area contributed by atoms with E-state index in [4.69, 9.17) is 9.97 Å². The minimum Gasteiger partial charge on any atom is -0.253 e. The van der Waals surface area contributed by atoms with E-state index < -0.39 is 0 Å². The van der Waals surface area contributed by atoms with Gasteiger partial charge in [-0.1, -0.05) is 115 Å². The fourth-order valence-electron chi connectivity index (χ4n) is 5.86. The molecule has 0 amide bonds. The van der Waals surface area contributed by atoms with Crippen LogP contribution in [0.1, 0.15) is 0 Å². The van der Waals surface area contributed by atoms with Gasteiger partial charge in [-0.25, -0.2) is 9.97 Å². The van der Waals surface area contributed by atoms with E-state index >= 15 is 0 Å². The molecule has 0 spiro atoms. The number of fused-ring (bicyclic) bond motifs is 6. The Kier molecular flexibility index (Phi) is 5.14. The Bertz CT molecular complexity index is 2080. The molecule has 2 aromatic heterocycles. The minimum atomic E-state index is 0.615. The van der Waals surface area contributed by atoms with Gasteiger partial charge >= 0.3 is 0 Å². The number of rotatable bonds is 3. The van der Waals surface area contributed by atoms with Gasteiger partial charge in [0.25, 0.3) is 0 Å². The Hall–Kier alpha value is -5.41. The summed E-state index contributed by atoms with van der Waals surface area (Å²) >= 11 is 0. The molecule has 0 saturated heterocycles. The highest BCUT2D eigenvalue weighted by Crippen LogP contribution is 2.37. The van der Waals surface area contributed by atoms with Crippen molar-refractivity contribution >= 4 is 43.1 Å². The first-order valence-electron chi connectivity index (χ1n) is 13.5. The quantitative estimate of drug-likeness (QED) is 0.223. The second-order valence-electron chi connectivity index (χ2n) is 10.1. The average molecular weight is 510 g/mol. The molecule has 186 valence electrons. The first-order valence-corrected chi connectivity index (χ1v) is 13.5. The zero-order valence-electron chi connectivity index (χ0n) is 21.6. The smallest absolute Gasteiger partial charge is 0.179 e. The minimum absolute atomic E-state index is 0.615. The van der Waals surface area contributed by atoms with Crippen LogP contribution in [0.5, 0.6) is 0 Å². The zero-order valence-corrected chi connectivity index (χ0v) is 21.6. The molecule has 0 aliphatic heterocycles. The third kappa shape index (κ3) is 3.63. The number of hydrogen-bond donors (Lipinski definition) is 0. The van der Waals surface area contributed by atoms with Crippen LogP contribution in [0.15, 0.2) is 140 Å². The maximum atomic E-state index is 5.09. The number of hydrogen-bond acceptors (Lipinski definition) is 3. The Morgan fingerprint density at radius 1 is 0.350 bits per heavy atom. The van der Waals surface area contributed by atoms with Gasteiger partial charge in [0.15, 0.2) is 5.82 Å². The Morgan fingerprint density at radius 3 is 1.43 bits per heavy atom. The summed E-state index contributed by atoms with van der Waals surface area (Å²) in [7, 11) is 0. The van der Waals surface area contributed by atoms with Crippen LogP contribution >= 0.6 is 0 Å². The fraction of sp³-hybridized carbons (Fsp3) is 0. The van der Waals surface area contributed by atoms with Crippen molar-refractivity contribution in [2.24, 2.45) is 0 Å². The number of pyridine rings is 1. The average Bonchev–Trinajstić information content (AvgIpc) is 3.04. The van der Waals surface area contributed by atoms with E-state index in [-0.39, 0.29) is 0 Å². The van der Waals surface area contributed by atoms with Crippen molar-refractivity contribution in [1.82, 2.24) is 15.0 Å². The zero-order chi connectivity index (χ0) is 26.5. The third-order valence-corrected chi connectivity index (χ3v) is 7.75. The molecule has 3 heteroatoms. The molecule has 3 nitrogen and oxygen atoms in total. The maximum Gasteiger partial charge on any atom is 0.179 e. The first-order chi connectivity index (χ1) is 19.8. The van der Waals surface area contributed by atoms with Gasteiger partial charge in [0.2, 0.25) is 0 Å². The predicted molar refractivity (Wildman–Crippen MR) is 166 cm³/mol. The molecule has 0 radical (unpaired) electrons. The van der Waals surface area contributed by atoms with Gasteiger partial charge in [-0.15, -0.1) is 0 Å². The number of nitrogens with zero attached hydrogens (tertiary/aromatic N) is 3. The lowest BCUT2D eigenvalue weighted by Gasteiger charge is -2.13. The van der Waals surface area contributed by atoms with Gasteiger partial charge in [0, 0.05) is 17.3 Å². The Morgan fingerprint density at radius 2 is 0.875 bits per heavy atom. The standard InChI is InChI=1S/C37H23N3/c1-3-11-26-24(9-1)18-20-30-28(26)13-7-15-32(30)35-23-36(40-37(39-35)34-17-5-6-22-38-34)33-16-8-14-29-27-12-4-2-10-25(27)19-21-31(29)33/h1-23H. The molecule has 40 heavy (non-hydrogen) atoms. The van der Waals surface area contributed by atoms with E-state index in [1.807, 2.05) is 18.2 Å². The summed E-state index contributed by atoms with van der Waals surface area (Å²) < 4.78 is 0. The molecule has 0 unspecified atom stereocenters. The van der Waals surface area contributed by atoms with Crippen molar-refractivity contribution < 1.29 is 0 Å². The molecule has 0 saturated carbocycles. The molecule has 0 bridgehead atoms. The van der Waals surface area contributed by atoms with Crippen LogP contribution in [0.3, 0.4) is 0 Å². The molecule has 8 aromatic rings. The molecule has 0 N–H and O–H groups in total. The van der Waals surface area contributed by atoms with Crippen LogP contribution in [0.4, 0.5) is 0 Å². The lowest BCUT2D eigenvalue weighted by molar-refractivity contribution is 1.15. The van der Waals surface area contributed by atoms with Gasteiger partial charge < -0.3 is 0 Å². The lowest BCUT2D eigenvalue weighted by Crippen LogP contribution is -1.98. The summed E-state index contributed by atoms with van der Waals surface area (Å²) in [4.78, 5) is 14.8. The summed E-state index contributed by atoms with van der Waals surface area (Å²) in [5.41, 5.74) is 4.67. The van der Waals surface area contributed by atoms with Crippen LogP contribution in [0.25, 0.3) is 77.1 Å². The Labute approximate surface area is 231 Å². The van der Waals surface area contributed by atoms with E-state index in [2.05, 4.69) is 120 Å². The van der Waals surface area contributed by atoms with Crippen molar-refractivity contribution in [2.45, 2.75) is 0 Å². The van der Waals surface area contributed by atoms with Crippen molar-refractivity contribution in [3.8, 4) is 34.0 Å². The summed E-state index contributed by atoms with van der Waals surface area (Å²) in [5.74, 6) is 0.615. The predicted octanol–water partition coefficient (Wildman–Crippen LogP) is 9.49. The van der Waals surface area contributed by atoms with Gasteiger partial charge in [0.05, 0.1) is 11.4 Å². The Balaban J connectivity index is 1.42. The van der Waals surface area contributed by atoms with Crippen LogP contribution < -0.4 is 0 Å². The van der Waals surface area contributed by atoms with E-state index in [1.54, 1.807) is 6.20 Å². The largest absolute Gasteiger partial charge is 0.253 e. The third-order valence-electron chi connectivity index (χ3n) is 7.75. The van der Waals surface area contributed by atoms with E-state index in [1.165, 1.54) is 43.1 Å². The molecule has 6 aromatic carbocycles. The molecular weight excluding hydrogens is 486 g/mol. The van der Waals surface area contributed by atoms with Crippen molar-refractivity contribution in [3.63, 3.8) is 0 Å². The molecule has 0 aliphatic carbocycles. The fourth-order valence-corrected chi connectivity index (χ4v) is 5.86. The van der Waals surface area contributed by atoms with Crippen LogP contribution in [-0.4, -0.2) is 15.0 Å². The summed E-state index contributed by atoms with van der Waals surface area (Å²) in [6.45, 7) is 0. The SMILES string of the molecule is c1ccc(-c2nc(-c3cccc4c3ccc3ccccc34)cc(-c3cccc4c3ccc3ccccc34)n2)nc1. The van der Waals surface area contributed by atoms with Crippen molar-refractivity contribution in [3.05, 3.63) is 140 Å². The monoisotopic (exact) mass is 509 g/mol. The van der Waals surface area contributed by atoms with Crippen LogP contribution in [-0.2, 0) is 0 Å². The number of aromatic nitrogens is 3. The summed E-state index contributed by atoms with van der Waals surface area (Å²) in [6, 6.07) is 46.8. The van der Waals surface area contributed by atoms with Gasteiger partial charge in [0.1, 0.15) is 5.69 Å². The topological polar surface area (TPSA) is 38.7 Å². The van der Waals surface area contributed by atoms with Crippen LogP contribution in [0.2, 0.25) is 0 Å². The molecule has 0 fully saturated rings. The second kappa shape index (κ2) is 9.11. The maximum absolute atomic E-state index is 5.09. The highest BCUT2D eigenvalue weighted by atomic mass is 14.9. The normalized spacial score (nSPS) is 11.5. The molecule has 0 atom stereocenters. The highest BCUT2D eigenvalue weighted by molar-refractivity contribution is 6.13. The van der Waals surface area contributed by atoms with Gasteiger partial charge in [-0.05, 0) is 61.3 Å². The van der Waals surface area contributed by atoms with E-state index in [9.17, 15) is 0 Å². The van der Waals surface area contributed by atoms with E-state index in [0.29, 0.717) is 5.82 Å². The van der Waals surface area contributed by atoms with Crippen molar-refractivity contribution in [1.29, 1.82) is 0 Å². The van der Waals surface area contributed by atoms with Gasteiger partial charge in [-0.3, -0.25) is 4.98 Å². The molecular formula is C37H23N3. The molecule has 2 heterocycles. The highest BCUT2D eigenvalue weighted by Gasteiger charge is 2.16. The van der Waals surface area contributed by atoms with Crippen LogP contribution in [0, 0.1) is 0 Å². The first kappa shape index (κ1) is 22.6. The second-order valence-corrected chi connectivity index (χ2v) is 10.1. The molecule has 0 aliphatic rings. The number of benzene rings is 6.